The van der Waals surface area contributed by atoms with Crippen molar-refractivity contribution in [2.45, 2.75) is 168 Å². The van der Waals surface area contributed by atoms with Crippen LogP contribution in [0, 0.1) is 17.5 Å². The average Bonchev–Trinajstić information content (AvgIpc) is 1.79. The Balaban J connectivity index is 0.000000133. The third kappa shape index (κ3) is 16.3. The largest absolute Gasteiger partial charge is 0.393 e. The number of benzene rings is 6. The van der Waals surface area contributed by atoms with Crippen LogP contribution in [0.15, 0.2) is 164 Å². The first-order chi connectivity index (χ1) is 48.0. The normalized spacial score (nSPS) is 24.3. The van der Waals surface area contributed by atoms with Crippen LogP contribution < -0.4 is 33.2 Å². The number of aliphatic hydroxyl groups is 3. The predicted molar refractivity (Wildman–Crippen MR) is 372 cm³/mol. The lowest BCUT2D eigenvalue weighted by Gasteiger charge is -2.25. The summed E-state index contributed by atoms with van der Waals surface area (Å²) in [6, 6.07) is 43.4. The Morgan fingerprint density at radius 1 is 0.364 bits per heavy atom. The van der Waals surface area contributed by atoms with Gasteiger partial charge in [0.25, 0.3) is 17.7 Å². The Morgan fingerprint density at radius 3 is 0.859 bits per heavy atom. The smallest absolute Gasteiger partial charge is 0.254 e. The highest BCUT2D eigenvalue weighted by atomic mass is 19.1. The predicted octanol–water partition coefficient (Wildman–Crippen LogP) is 12.5. The Kier molecular flexibility index (Phi) is 20.5. The van der Waals surface area contributed by atoms with Crippen molar-refractivity contribution in [2.75, 3.05) is 17.2 Å². The van der Waals surface area contributed by atoms with Crippen molar-refractivity contribution in [3.63, 3.8) is 0 Å². The summed E-state index contributed by atoms with van der Waals surface area (Å²) in [5.41, 5.74) is 26.8. The van der Waals surface area contributed by atoms with Gasteiger partial charge < -0.3 is 48.5 Å². The number of nitrogens with zero attached hydrogens (tertiary/aromatic N) is 6. The van der Waals surface area contributed by atoms with Gasteiger partial charge in [0, 0.05) is 70.3 Å². The molecule has 12 N–H and O–H groups in total. The summed E-state index contributed by atoms with van der Waals surface area (Å²) in [5, 5.41) is 38.1. The number of amides is 3. The average molecular weight is 1340 g/mol. The van der Waals surface area contributed by atoms with E-state index in [1.165, 1.54) is 53.1 Å². The minimum absolute atomic E-state index is 0.00131. The number of hydrogen-bond donors (Lipinski definition) is 9. The first kappa shape index (κ1) is 67.6. The molecule has 6 aliphatic carbocycles. The van der Waals surface area contributed by atoms with Crippen molar-refractivity contribution in [1.82, 2.24) is 45.9 Å². The third-order valence-corrected chi connectivity index (χ3v) is 20.3. The molecule has 21 heteroatoms. The van der Waals surface area contributed by atoms with Crippen molar-refractivity contribution in [3.8, 4) is 33.8 Å². The summed E-state index contributed by atoms with van der Waals surface area (Å²) >= 11 is 0. The fourth-order valence-corrected chi connectivity index (χ4v) is 14.1. The molecule has 6 aliphatic rings. The second-order valence-corrected chi connectivity index (χ2v) is 27.2. The third-order valence-electron chi connectivity index (χ3n) is 20.3. The van der Waals surface area contributed by atoms with Crippen LogP contribution >= 0.6 is 0 Å². The highest BCUT2D eigenvalue weighted by molar-refractivity contribution is 5.97. The molecule has 3 heterocycles. The molecule has 6 fully saturated rings. The van der Waals surface area contributed by atoms with Crippen LogP contribution in [0.2, 0.25) is 0 Å². The number of nitrogens with one attached hydrogen (secondary N) is 3. The molecule has 6 aromatic carbocycles. The van der Waals surface area contributed by atoms with Gasteiger partial charge in [-0.15, -0.1) is 0 Å². The van der Waals surface area contributed by atoms with Crippen LogP contribution in [0.1, 0.15) is 197 Å². The number of carbonyl (C=O) groups excluding carboxylic acids is 3. The van der Waals surface area contributed by atoms with E-state index in [4.69, 9.17) is 17.2 Å². The maximum Gasteiger partial charge on any atom is 0.254 e. The minimum Gasteiger partial charge on any atom is -0.393 e. The van der Waals surface area contributed by atoms with Gasteiger partial charge in [0.15, 0.2) is 0 Å². The lowest BCUT2D eigenvalue weighted by atomic mass is 9.85. The molecule has 0 spiro atoms. The number of nitrogens with two attached hydrogens (primary N) is 3. The van der Waals surface area contributed by atoms with Crippen LogP contribution in [0.25, 0.3) is 33.8 Å². The molecule has 6 saturated carbocycles. The van der Waals surface area contributed by atoms with Crippen LogP contribution in [0.3, 0.4) is 0 Å². The number of aliphatic hydroxyl groups excluding tert-OH is 3. The summed E-state index contributed by atoms with van der Waals surface area (Å²) in [7, 11) is 0. The van der Waals surface area contributed by atoms with E-state index in [-0.39, 0.29) is 106 Å². The Hall–Kier alpha value is -9.96. The quantitative estimate of drug-likeness (QED) is 0.0461. The maximum atomic E-state index is 14.9. The fourth-order valence-electron chi connectivity index (χ4n) is 14.1. The summed E-state index contributed by atoms with van der Waals surface area (Å²) in [5.74, 6) is -1.03. The Bertz CT molecular complexity index is 3930. The minimum atomic E-state index is -0.616. The van der Waals surface area contributed by atoms with Gasteiger partial charge in [-0.2, -0.15) is 0 Å². The van der Waals surface area contributed by atoms with Crippen LogP contribution in [-0.2, 0) is 0 Å². The Morgan fingerprint density at radius 2 is 0.616 bits per heavy atom. The molecule has 99 heavy (non-hydrogen) atoms. The molecular formula is C78H81F3N12O6. The molecule has 3 aromatic heterocycles. The number of aromatic nitrogens is 6. The van der Waals surface area contributed by atoms with Crippen molar-refractivity contribution in [1.29, 1.82) is 0 Å². The van der Waals surface area contributed by atoms with E-state index >= 15 is 0 Å². The van der Waals surface area contributed by atoms with E-state index in [2.05, 4.69) is 45.9 Å². The molecule has 18 nitrogen and oxygen atoms in total. The number of carbonyl (C=O) groups is 3. The van der Waals surface area contributed by atoms with E-state index < -0.39 is 35.2 Å². The number of anilines is 3. The van der Waals surface area contributed by atoms with Gasteiger partial charge in [-0.1, -0.05) is 109 Å². The molecule has 0 aliphatic heterocycles. The zero-order valence-corrected chi connectivity index (χ0v) is 54.7. The molecular weight excluding hydrogens is 1260 g/mol. The summed E-state index contributed by atoms with van der Waals surface area (Å²) < 4.78 is 44.8. The number of hydrogen-bond acceptors (Lipinski definition) is 15. The van der Waals surface area contributed by atoms with Crippen LogP contribution in [0.4, 0.5) is 30.6 Å². The van der Waals surface area contributed by atoms with Crippen molar-refractivity contribution >= 4 is 35.2 Å². The lowest BCUT2D eigenvalue weighted by molar-refractivity contribution is 0.0937. The summed E-state index contributed by atoms with van der Waals surface area (Å²) in [4.78, 5) is 64.8. The summed E-state index contributed by atoms with van der Waals surface area (Å²) in [6.07, 6.45) is 16.2. The second-order valence-electron chi connectivity index (χ2n) is 27.2. The number of nitrogen functional groups attached to an aromatic ring is 3. The van der Waals surface area contributed by atoms with Gasteiger partial charge in [-0.3, -0.25) is 14.4 Å². The first-order valence-corrected chi connectivity index (χ1v) is 34.4. The van der Waals surface area contributed by atoms with Crippen molar-refractivity contribution < 1.29 is 42.9 Å². The Labute approximate surface area is 572 Å². The molecule has 6 atom stereocenters. The molecule has 0 bridgehead atoms. The van der Waals surface area contributed by atoms with E-state index in [0.717, 1.165) is 113 Å². The zero-order chi connectivity index (χ0) is 68.8. The van der Waals surface area contributed by atoms with Gasteiger partial charge in [-0.25, -0.2) is 43.1 Å². The molecule has 0 radical (unpaired) electrons. The molecule has 3 amide bonds. The molecule has 9 aromatic rings. The zero-order valence-electron chi connectivity index (χ0n) is 54.7. The van der Waals surface area contributed by atoms with Crippen LogP contribution in [0.5, 0.6) is 0 Å². The van der Waals surface area contributed by atoms with Gasteiger partial charge in [0.2, 0.25) is 0 Å². The van der Waals surface area contributed by atoms with Crippen LogP contribution in [-0.4, -0.2) is 99.4 Å². The second kappa shape index (κ2) is 30.0. The molecule has 510 valence electrons. The van der Waals surface area contributed by atoms with Crippen molar-refractivity contribution in [3.05, 3.63) is 232 Å². The highest BCUT2D eigenvalue weighted by Gasteiger charge is 2.42. The van der Waals surface area contributed by atoms with Gasteiger partial charge in [0.05, 0.1) is 70.7 Å². The van der Waals surface area contributed by atoms with Crippen molar-refractivity contribution in [2.24, 2.45) is 0 Å². The topological polar surface area (TPSA) is 303 Å². The molecule has 15 rings (SSSR count). The monoisotopic (exact) mass is 1340 g/mol. The first-order valence-electron chi connectivity index (χ1n) is 34.4. The maximum absolute atomic E-state index is 14.9. The number of halogens is 3. The van der Waals surface area contributed by atoms with E-state index in [0.29, 0.717) is 33.8 Å². The van der Waals surface area contributed by atoms with E-state index in [1.54, 1.807) is 36.8 Å². The summed E-state index contributed by atoms with van der Waals surface area (Å²) in [6.45, 7) is 0. The molecule has 0 saturated heterocycles. The standard InChI is InChI=1S/3C26H27FN4O2/c3*27-21-12-17(24-25(28)29-14-23(30-24)16-6-9-18(32)10-7-16)8-11-19(21)26(33)31-22-13-20(22)15-4-2-1-3-5-15/h3*1-5,8,11-12,14,16,18,20,22,32H,6-7,9-10,13H2,(H2,28,29)(H,31,33)/t3*16?,18?,20-,22+/m110/s1. The van der Waals surface area contributed by atoms with E-state index in [1.807, 2.05) is 91.0 Å². The highest BCUT2D eigenvalue weighted by Crippen LogP contribution is 2.44. The lowest BCUT2D eigenvalue weighted by Crippen LogP contribution is -2.27. The van der Waals surface area contributed by atoms with Gasteiger partial charge in [-0.05, 0) is 149 Å². The van der Waals surface area contributed by atoms with E-state index in [9.17, 15) is 42.9 Å². The number of rotatable bonds is 15. The fraction of sp³-hybridized carbons (Fsp3) is 0.346. The van der Waals surface area contributed by atoms with Gasteiger partial charge >= 0.3 is 0 Å². The SMILES string of the molecule is Nc1ncc(C2CCC(O)CC2)nc1-c1ccc(C(=O)N[C@@H]2C[C@H]2c2ccccc2)c(F)c1.Nc1ncc(C2CCC(O)CC2)nc1-c1ccc(C(=O)N[C@H]2C[C@@H]2c2ccccc2)c(F)c1.Nc1ncc(C2CCC(O)CC2)nc1-c1ccc(C(=O)N[C@H]2C[C@@H]2c2ccccc2)c(F)c1. The van der Waals surface area contributed by atoms with Gasteiger partial charge in [0.1, 0.15) is 52.0 Å². The molecule has 0 unspecified atom stereocenters.